The van der Waals surface area contributed by atoms with Crippen molar-refractivity contribution < 1.29 is 27.1 Å². The van der Waals surface area contributed by atoms with Crippen molar-refractivity contribution in [2.75, 3.05) is 20.2 Å². The van der Waals surface area contributed by atoms with Gasteiger partial charge in [-0.2, -0.15) is 18.3 Å². The molecule has 0 unspecified atom stereocenters. The van der Waals surface area contributed by atoms with E-state index in [0.29, 0.717) is 25.2 Å². The minimum atomic E-state index is -4.61. The van der Waals surface area contributed by atoms with E-state index in [1.165, 1.54) is 27.8 Å². The van der Waals surface area contributed by atoms with E-state index in [1.807, 2.05) is 0 Å². The van der Waals surface area contributed by atoms with Crippen molar-refractivity contribution in [1.29, 1.82) is 0 Å². The lowest BCUT2D eigenvalue weighted by Gasteiger charge is -2.38. The van der Waals surface area contributed by atoms with Crippen LogP contribution in [0.15, 0.2) is 30.3 Å². The fourth-order valence-electron chi connectivity index (χ4n) is 3.89. The molecule has 170 valence electrons. The average Bonchev–Trinajstić information content (AvgIpc) is 3.06. The summed E-state index contributed by atoms with van der Waals surface area (Å²) in [5.41, 5.74) is -0.326. The molecule has 0 bridgehead atoms. The Kier molecular flexibility index (Phi) is 5.89. The quantitative estimate of drug-likeness (QED) is 0.498. The maximum absolute atomic E-state index is 15.0. The van der Waals surface area contributed by atoms with Gasteiger partial charge in [0.15, 0.2) is 0 Å². The second-order valence-electron chi connectivity index (χ2n) is 7.64. The molecule has 1 amide bonds. The van der Waals surface area contributed by atoms with Crippen molar-refractivity contribution >= 4 is 28.4 Å². The van der Waals surface area contributed by atoms with E-state index < -0.39 is 17.6 Å². The summed E-state index contributed by atoms with van der Waals surface area (Å²) in [6.07, 6.45) is -4.31. The topological polar surface area (TPSA) is 47.4 Å². The summed E-state index contributed by atoms with van der Waals surface area (Å²) in [5.74, 6) is -1.02. The van der Waals surface area contributed by atoms with Crippen LogP contribution in [-0.4, -0.2) is 46.9 Å². The van der Waals surface area contributed by atoms with Gasteiger partial charge in [-0.25, -0.2) is 4.39 Å². The number of carbonyl (C=O) groups excluding carboxylic acids is 1. The lowest BCUT2D eigenvalue weighted by molar-refractivity contribution is -0.138. The van der Waals surface area contributed by atoms with Crippen molar-refractivity contribution in [3.63, 3.8) is 0 Å². The minimum Gasteiger partial charge on any atom is -0.378 e. The summed E-state index contributed by atoms with van der Waals surface area (Å²) in [5, 5.41) is 4.45. The molecular weight excluding hydrogens is 450 g/mol. The van der Waals surface area contributed by atoms with Crippen molar-refractivity contribution in [2.24, 2.45) is 0 Å². The minimum absolute atomic E-state index is 0.0641. The van der Waals surface area contributed by atoms with Gasteiger partial charge in [0.1, 0.15) is 5.82 Å². The Hall–Kier alpha value is -2.65. The third-order valence-corrected chi connectivity index (χ3v) is 6.01. The molecule has 1 aliphatic rings. The van der Waals surface area contributed by atoms with E-state index in [2.05, 4.69) is 5.10 Å². The summed E-state index contributed by atoms with van der Waals surface area (Å²) in [6.45, 7) is 2.23. The number of hydrogen-bond donors (Lipinski definition) is 0. The SMILES string of the molecule is CCc1nn(Cc2c(Cl)cccc2C(F)(F)F)c2cc(C(=O)N3CC(OC)C3)cc(F)c12. The number of methoxy groups -OCH3 is 1. The van der Waals surface area contributed by atoms with Crippen LogP contribution < -0.4 is 0 Å². The smallest absolute Gasteiger partial charge is 0.378 e. The second kappa shape index (κ2) is 8.37. The molecule has 1 aliphatic heterocycles. The van der Waals surface area contributed by atoms with Gasteiger partial charge in [0, 0.05) is 36.3 Å². The highest BCUT2D eigenvalue weighted by atomic mass is 35.5. The molecule has 3 aromatic rings. The molecule has 10 heteroatoms. The molecule has 0 spiro atoms. The van der Waals surface area contributed by atoms with Crippen LogP contribution in [0.2, 0.25) is 5.02 Å². The van der Waals surface area contributed by atoms with E-state index in [1.54, 1.807) is 14.0 Å². The Morgan fingerprint density at radius 1 is 1.28 bits per heavy atom. The van der Waals surface area contributed by atoms with Crippen molar-refractivity contribution in [3.05, 3.63) is 63.6 Å². The first-order valence-electron chi connectivity index (χ1n) is 9.99. The van der Waals surface area contributed by atoms with Gasteiger partial charge in [-0.3, -0.25) is 9.48 Å². The standard InChI is InChI=1S/C22H20ClF4N3O2/c1-3-18-20-17(24)7-12(21(31)29-9-13(10-29)32-2)8-19(20)30(28-18)11-14-15(22(25,26)27)5-4-6-16(14)23/h4-8,13H,3,9-11H2,1-2H3. The number of alkyl halides is 3. The summed E-state index contributed by atoms with van der Waals surface area (Å²) >= 11 is 6.10. The van der Waals surface area contributed by atoms with Gasteiger partial charge in [0.05, 0.1) is 34.8 Å². The molecule has 5 nitrogen and oxygen atoms in total. The van der Waals surface area contributed by atoms with Crippen LogP contribution in [0.5, 0.6) is 0 Å². The number of aryl methyl sites for hydroxylation is 1. The van der Waals surface area contributed by atoms with Crippen molar-refractivity contribution in [2.45, 2.75) is 32.2 Å². The molecule has 1 aromatic heterocycles. The van der Waals surface area contributed by atoms with Gasteiger partial charge in [0.2, 0.25) is 0 Å². The molecule has 4 rings (SSSR count). The maximum atomic E-state index is 15.0. The molecule has 0 atom stereocenters. The number of hydrogen-bond acceptors (Lipinski definition) is 3. The van der Waals surface area contributed by atoms with E-state index in [0.717, 1.165) is 12.1 Å². The zero-order valence-electron chi connectivity index (χ0n) is 17.3. The number of rotatable bonds is 5. The van der Waals surface area contributed by atoms with E-state index in [4.69, 9.17) is 16.3 Å². The molecule has 0 N–H and O–H groups in total. The Morgan fingerprint density at radius 2 is 2.00 bits per heavy atom. The third kappa shape index (κ3) is 3.95. The molecule has 1 saturated heterocycles. The normalized spacial score (nSPS) is 14.8. The van der Waals surface area contributed by atoms with Crippen LogP contribution in [0.25, 0.3) is 10.9 Å². The number of benzene rings is 2. The molecule has 2 heterocycles. The predicted molar refractivity (Wildman–Crippen MR) is 111 cm³/mol. The predicted octanol–water partition coefficient (Wildman–Crippen LogP) is 4.93. The Balaban J connectivity index is 1.80. The molecular formula is C22H20ClF4N3O2. The Bertz CT molecular complexity index is 1190. The highest BCUT2D eigenvalue weighted by molar-refractivity contribution is 6.31. The monoisotopic (exact) mass is 469 g/mol. The first-order valence-corrected chi connectivity index (χ1v) is 10.4. The van der Waals surface area contributed by atoms with Gasteiger partial charge in [-0.05, 0) is 30.7 Å². The average molecular weight is 470 g/mol. The molecule has 1 fully saturated rings. The van der Waals surface area contributed by atoms with Gasteiger partial charge in [-0.15, -0.1) is 0 Å². The maximum Gasteiger partial charge on any atom is 0.416 e. The highest BCUT2D eigenvalue weighted by Crippen LogP contribution is 2.36. The van der Waals surface area contributed by atoms with Crippen LogP contribution in [0.4, 0.5) is 17.6 Å². The first kappa shape index (κ1) is 22.5. The summed E-state index contributed by atoms with van der Waals surface area (Å²) in [7, 11) is 1.55. The van der Waals surface area contributed by atoms with Gasteiger partial charge >= 0.3 is 6.18 Å². The Labute approximate surface area is 186 Å². The number of amides is 1. The molecule has 2 aromatic carbocycles. The Morgan fingerprint density at radius 3 is 2.62 bits per heavy atom. The lowest BCUT2D eigenvalue weighted by atomic mass is 10.0. The zero-order valence-corrected chi connectivity index (χ0v) is 18.1. The van der Waals surface area contributed by atoms with E-state index >= 15 is 4.39 Å². The van der Waals surface area contributed by atoms with Gasteiger partial charge < -0.3 is 9.64 Å². The summed E-state index contributed by atoms with van der Waals surface area (Å²) in [4.78, 5) is 14.3. The number of likely N-dealkylation sites (tertiary alicyclic amines) is 1. The van der Waals surface area contributed by atoms with Crippen LogP contribution >= 0.6 is 11.6 Å². The number of fused-ring (bicyclic) bond motifs is 1. The largest absolute Gasteiger partial charge is 0.416 e. The second-order valence-corrected chi connectivity index (χ2v) is 8.05. The number of halogens is 5. The van der Waals surface area contributed by atoms with E-state index in [-0.39, 0.29) is 45.6 Å². The van der Waals surface area contributed by atoms with Gasteiger partial charge in [0.25, 0.3) is 5.91 Å². The fourth-order valence-corrected chi connectivity index (χ4v) is 4.13. The summed E-state index contributed by atoms with van der Waals surface area (Å²) in [6, 6.07) is 6.15. The molecule has 0 saturated carbocycles. The first-order chi connectivity index (χ1) is 15.1. The lowest BCUT2D eigenvalue weighted by Crippen LogP contribution is -2.54. The fraction of sp³-hybridized carbons (Fsp3) is 0.364. The van der Waals surface area contributed by atoms with E-state index in [9.17, 15) is 18.0 Å². The highest BCUT2D eigenvalue weighted by Gasteiger charge is 2.35. The molecule has 32 heavy (non-hydrogen) atoms. The number of aromatic nitrogens is 2. The number of ether oxygens (including phenoxy) is 1. The van der Waals surface area contributed by atoms with Gasteiger partial charge in [-0.1, -0.05) is 24.6 Å². The third-order valence-electron chi connectivity index (χ3n) is 5.66. The molecule has 0 radical (unpaired) electrons. The van der Waals surface area contributed by atoms with Crippen LogP contribution in [0.1, 0.15) is 34.1 Å². The zero-order chi connectivity index (χ0) is 23.2. The van der Waals surface area contributed by atoms with Crippen molar-refractivity contribution in [1.82, 2.24) is 14.7 Å². The summed E-state index contributed by atoms with van der Waals surface area (Å²) < 4.78 is 62.1. The van der Waals surface area contributed by atoms with Crippen LogP contribution in [0, 0.1) is 5.82 Å². The number of carbonyl (C=O) groups is 1. The van der Waals surface area contributed by atoms with Crippen molar-refractivity contribution in [3.8, 4) is 0 Å². The van der Waals surface area contributed by atoms with Crippen LogP contribution in [-0.2, 0) is 23.9 Å². The molecule has 0 aliphatic carbocycles. The van der Waals surface area contributed by atoms with Crippen LogP contribution in [0.3, 0.4) is 0 Å². The number of nitrogens with zero attached hydrogens (tertiary/aromatic N) is 3.